The van der Waals surface area contributed by atoms with Crippen molar-refractivity contribution in [1.29, 1.82) is 0 Å². The summed E-state index contributed by atoms with van der Waals surface area (Å²) in [6.45, 7) is 3.30. The number of benzene rings is 1. The zero-order valence-electron chi connectivity index (χ0n) is 15.7. The third-order valence-electron chi connectivity index (χ3n) is 5.60. The van der Waals surface area contributed by atoms with Crippen LogP contribution in [0.3, 0.4) is 0 Å². The molecule has 0 bridgehead atoms. The minimum Gasteiger partial charge on any atom is -0.363 e. The fourth-order valence-electron chi connectivity index (χ4n) is 3.87. The lowest BCUT2D eigenvalue weighted by molar-refractivity contribution is -0.143. The van der Waals surface area contributed by atoms with E-state index in [0.29, 0.717) is 43.7 Å². The molecule has 146 valence electrons. The van der Waals surface area contributed by atoms with Gasteiger partial charge in [0.05, 0.1) is 17.7 Å². The number of carbonyl (C=O) groups is 2. The second-order valence-corrected chi connectivity index (χ2v) is 7.41. The molecular formula is C21H22FN3O3. The van der Waals surface area contributed by atoms with Crippen molar-refractivity contribution in [3.05, 3.63) is 59.7 Å². The van der Waals surface area contributed by atoms with Gasteiger partial charge in [0, 0.05) is 31.2 Å². The van der Waals surface area contributed by atoms with Crippen molar-refractivity contribution < 1.29 is 18.7 Å². The molecule has 2 fully saturated rings. The molecule has 0 atom stereocenters. The molecule has 2 aliphatic rings. The summed E-state index contributed by atoms with van der Waals surface area (Å²) in [6.07, 6.45) is 4.52. The van der Waals surface area contributed by atoms with Gasteiger partial charge in [0.2, 0.25) is 0 Å². The number of pyridine rings is 1. The van der Waals surface area contributed by atoms with Crippen molar-refractivity contribution in [1.82, 2.24) is 9.88 Å². The Kier molecular flexibility index (Phi) is 4.85. The van der Waals surface area contributed by atoms with Crippen LogP contribution < -0.4 is 4.90 Å². The maximum Gasteiger partial charge on any atom is 0.255 e. The van der Waals surface area contributed by atoms with E-state index in [4.69, 9.17) is 4.74 Å². The summed E-state index contributed by atoms with van der Waals surface area (Å²) in [6, 6.07) is 7.86. The lowest BCUT2D eigenvalue weighted by Gasteiger charge is -2.47. The van der Waals surface area contributed by atoms with E-state index in [2.05, 4.69) is 4.98 Å². The molecule has 6 nitrogen and oxygen atoms in total. The number of amides is 2. The predicted molar refractivity (Wildman–Crippen MR) is 102 cm³/mol. The van der Waals surface area contributed by atoms with Crippen LogP contribution >= 0.6 is 0 Å². The highest BCUT2D eigenvalue weighted by atomic mass is 19.1. The minimum absolute atomic E-state index is 0.0330. The van der Waals surface area contributed by atoms with Gasteiger partial charge in [0.15, 0.2) is 0 Å². The zero-order chi connectivity index (χ0) is 19.7. The number of carbonyl (C=O) groups excluding carboxylic acids is 2. The molecule has 7 heteroatoms. The Morgan fingerprint density at radius 1 is 1.25 bits per heavy atom. The summed E-state index contributed by atoms with van der Waals surface area (Å²) >= 11 is 0. The number of rotatable bonds is 2. The number of likely N-dealkylation sites (tertiary alicyclic amines) is 1. The second-order valence-electron chi connectivity index (χ2n) is 7.41. The number of aromatic nitrogens is 1. The number of aryl methyl sites for hydroxylation is 1. The van der Waals surface area contributed by atoms with Crippen LogP contribution in [0.25, 0.3) is 0 Å². The summed E-state index contributed by atoms with van der Waals surface area (Å²) in [4.78, 5) is 32.6. The SMILES string of the molecule is Cc1ccncc1C(=O)N1CCC2(CC1)CN(c1cccc(F)c1)C(=O)CO2. The van der Waals surface area contributed by atoms with Gasteiger partial charge in [-0.25, -0.2) is 4.39 Å². The highest BCUT2D eigenvalue weighted by molar-refractivity contribution is 5.96. The van der Waals surface area contributed by atoms with Crippen LogP contribution in [0.2, 0.25) is 0 Å². The molecule has 1 aromatic heterocycles. The van der Waals surface area contributed by atoms with E-state index in [1.807, 2.05) is 17.9 Å². The first kappa shape index (κ1) is 18.6. The molecule has 2 aromatic rings. The van der Waals surface area contributed by atoms with Gasteiger partial charge in [-0.05, 0) is 49.6 Å². The normalized spacial score (nSPS) is 19.1. The lowest BCUT2D eigenvalue weighted by atomic mass is 9.88. The molecular weight excluding hydrogens is 361 g/mol. The van der Waals surface area contributed by atoms with Crippen LogP contribution in [0.1, 0.15) is 28.8 Å². The van der Waals surface area contributed by atoms with Gasteiger partial charge < -0.3 is 14.5 Å². The molecule has 28 heavy (non-hydrogen) atoms. The van der Waals surface area contributed by atoms with Crippen molar-refractivity contribution >= 4 is 17.5 Å². The summed E-state index contributed by atoms with van der Waals surface area (Å²) < 4.78 is 19.5. The topological polar surface area (TPSA) is 62.7 Å². The average Bonchev–Trinajstić information content (AvgIpc) is 2.70. The monoisotopic (exact) mass is 383 g/mol. The van der Waals surface area contributed by atoms with E-state index in [1.165, 1.54) is 12.1 Å². The maximum absolute atomic E-state index is 13.6. The first-order valence-corrected chi connectivity index (χ1v) is 9.37. The Morgan fingerprint density at radius 2 is 2.04 bits per heavy atom. The number of nitrogens with zero attached hydrogens (tertiary/aromatic N) is 3. The Morgan fingerprint density at radius 3 is 2.75 bits per heavy atom. The number of halogens is 1. The molecule has 0 saturated carbocycles. The molecule has 0 N–H and O–H groups in total. The zero-order valence-corrected chi connectivity index (χ0v) is 15.7. The highest BCUT2D eigenvalue weighted by Gasteiger charge is 2.43. The van der Waals surface area contributed by atoms with E-state index in [9.17, 15) is 14.0 Å². The molecule has 2 amide bonds. The highest BCUT2D eigenvalue weighted by Crippen LogP contribution is 2.33. The molecule has 2 saturated heterocycles. The molecule has 0 radical (unpaired) electrons. The lowest BCUT2D eigenvalue weighted by Crippen LogP contribution is -2.59. The summed E-state index contributed by atoms with van der Waals surface area (Å²) in [5.74, 6) is -0.590. The van der Waals surface area contributed by atoms with Gasteiger partial charge >= 0.3 is 0 Å². The molecule has 0 unspecified atom stereocenters. The van der Waals surface area contributed by atoms with Crippen molar-refractivity contribution in [3.8, 4) is 0 Å². The van der Waals surface area contributed by atoms with Gasteiger partial charge in [-0.3, -0.25) is 14.6 Å². The number of morpholine rings is 1. The van der Waals surface area contributed by atoms with Crippen molar-refractivity contribution in [2.24, 2.45) is 0 Å². The number of anilines is 1. The van der Waals surface area contributed by atoms with Gasteiger partial charge in [0.25, 0.3) is 11.8 Å². The van der Waals surface area contributed by atoms with Gasteiger partial charge in [-0.2, -0.15) is 0 Å². The first-order chi connectivity index (χ1) is 13.5. The van der Waals surface area contributed by atoms with Crippen LogP contribution in [0.15, 0.2) is 42.7 Å². The fraction of sp³-hybridized carbons (Fsp3) is 0.381. The van der Waals surface area contributed by atoms with E-state index >= 15 is 0 Å². The third-order valence-corrected chi connectivity index (χ3v) is 5.60. The third kappa shape index (κ3) is 3.49. The van der Waals surface area contributed by atoms with Gasteiger partial charge in [-0.15, -0.1) is 0 Å². The van der Waals surface area contributed by atoms with Crippen LogP contribution in [0.4, 0.5) is 10.1 Å². The summed E-state index contributed by atoms with van der Waals surface area (Å²) in [5, 5.41) is 0. The Bertz CT molecular complexity index is 909. The maximum atomic E-state index is 13.6. The summed E-state index contributed by atoms with van der Waals surface area (Å²) in [5.41, 5.74) is 1.54. The quantitative estimate of drug-likeness (QED) is 0.800. The van der Waals surface area contributed by atoms with Crippen molar-refractivity contribution in [3.63, 3.8) is 0 Å². The standard InChI is InChI=1S/C21H22FN3O3/c1-15-5-8-23-12-18(15)20(27)24-9-6-21(7-10-24)14-25(19(26)13-28-21)17-4-2-3-16(22)11-17/h2-5,8,11-12H,6-7,9-10,13-14H2,1H3. The van der Waals surface area contributed by atoms with Crippen LogP contribution in [0, 0.1) is 12.7 Å². The van der Waals surface area contributed by atoms with Crippen molar-refractivity contribution in [2.45, 2.75) is 25.4 Å². The number of piperidine rings is 1. The summed E-state index contributed by atoms with van der Waals surface area (Å²) in [7, 11) is 0. The van der Waals surface area contributed by atoms with E-state index < -0.39 is 5.60 Å². The van der Waals surface area contributed by atoms with Crippen LogP contribution in [0.5, 0.6) is 0 Å². The fourth-order valence-corrected chi connectivity index (χ4v) is 3.87. The number of hydrogen-bond donors (Lipinski definition) is 0. The molecule has 1 spiro atoms. The molecule has 1 aromatic carbocycles. The number of ether oxygens (including phenoxy) is 1. The minimum atomic E-state index is -0.513. The van der Waals surface area contributed by atoms with Crippen LogP contribution in [-0.4, -0.2) is 53.5 Å². The Balaban J connectivity index is 1.47. The smallest absolute Gasteiger partial charge is 0.255 e. The van der Waals surface area contributed by atoms with Gasteiger partial charge in [-0.1, -0.05) is 6.07 Å². The predicted octanol–water partition coefficient (Wildman–Crippen LogP) is 2.57. The van der Waals surface area contributed by atoms with E-state index in [0.717, 1.165) is 5.56 Å². The van der Waals surface area contributed by atoms with Crippen LogP contribution in [-0.2, 0) is 9.53 Å². The molecule has 0 aliphatic carbocycles. The molecule has 2 aliphatic heterocycles. The number of hydrogen-bond acceptors (Lipinski definition) is 4. The van der Waals surface area contributed by atoms with E-state index in [-0.39, 0.29) is 24.2 Å². The Labute approximate surface area is 162 Å². The van der Waals surface area contributed by atoms with Crippen molar-refractivity contribution in [2.75, 3.05) is 31.1 Å². The second kappa shape index (κ2) is 7.31. The largest absolute Gasteiger partial charge is 0.363 e. The van der Waals surface area contributed by atoms with Gasteiger partial charge in [0.1, 0.15) is 12.4 Å². The molecule has 3 heterocycles. The van der Waals surface area contributed by atoms with E-state index in [1.54, 1.807) is 29.4 Å². The average molecular weight is 383 g/mol. The first-order valence-electron chi connectivity index (χ1n) is 9.37. The Hall–Kier alpha value is -2.80. The molecule has 4 rings (SSSR count).